The fraction of sp³-hybridized carbons (Fsp3) is 0.375. The van der Waals surface area contributed by atoms with Crippen molar-refractivity contribution < 1.29 is 9.90 Å². The Morgan fingerprint density at radius 3 is 2.90 bits per heavy atom. The molecule has 0 fully saturated rings. The molecule has 1 N–H and O–H groups in total. The van der Waals surface area contributed by atoms with Gasteiger partial charge in [0.25, 0.3) is 5.91 Å². The molecule has 1 aliphatic rings. The van der Waals surface area contributed by atoms with Gasteiger partial charge in [0.2, 0.25) is 0 Å². The van der Waals surface area contributed by atoms with Crippen LogP contribution in [0.5, 0.6) is 0 Å². The van der Waals surface area contributed by atoms with Gasteiger partial charge in [0.05, 0.1) is 11.6 Å². The molecule has 5 heteroatoms. The molecule has 1 unspecified atom stereocenters. The summed E-state index contributed by atoms with van der Waals surface area (Å²) >= 11 is 1.52. The second kappa shape index (κ2) is 5.58. The Balaban J connectivity index is 1.92. The van der Waals surface area contributed by atoms with E-state index in [9.17, 15) is 9.90 Å². The van der Waals surface area contributed by atoms with Crippen LogP contribution in [0.2, 0.25) is 0 Å². The minimum absolute atomic E-state index is 0.00615. The molecule has 0 bridgehead atoms. The minimum Gasteiger partial charge on any atom is -0.396 e. The van der Waals surface area contributed by atoms with Crippen molar-refractivity contribution in [3.05, 3.63) is 45.9 Å². The van der Waals surface area contributed by atoms with Crippen molar-refractivity contribution in [2.45, 2.75) is 25.7 Å². The van der Waals surface area contributed by atoms with E-state index < -0.39 is 0 Å². The molecule has 1 amide bonds. The summed E-state index contributed by atoms with van der Waals surface area (Å²) in [5.41, 5.74) is 2.42. The zero-order chi connectivity index (χ0) is 15.0. The third kappa shape index (κ3) is 2.47. The maximum atomic E-state index is 12.7. The Morgan fingerprint density at radius 2 is 2.24 bits per heavy atom. The standard InChI is InChI=1S/C16H18N2O2S/c1-10(2)15-17-13(9-21-15)16(20)18-7-11(8-19)12-5-3-4-6-14(12)18/h3-6,9-11,19H,7-8H2,1-2H3. The number of aromatic nitrogens is 1. The maximum absolute atomic E-state index is 12.7. The Hall–Kier alpha value is -1.72. The van der Waals surface area contributed by atoms with Crippen LogP contribution in [0.3, 0.4) is 0 Å². The van der Waals surface area contributed by atoms with Gasteiger partial charge in [-0.2, -0.15) is 0 Å². The average molecular weight is 302 g/mol. The minimum atomic E-state index is -0.0819. The highest BCUT2D eigenvalue weighted by Crippen LogP contribution is 2.36. The largest absolute Gasteiger partial charge is 0.396 e. The summed E-state index contributed by atoms with van der Waals surface area (Å²) in [4.78, 5) is 18.9. The van der Waals surface area contributed by atoms with Crippen LogP contribution in [0.4, 0.5) is 5.69 Å². The second-order valence-corrected chi connectivity index (χ2v) is 6.47. The molecule has 0 radical (unpaired) electrons. The number of carbonyl (C=O) groups is 1. The molecule has 0 saturated carbocycles. The van der Waals surface area contributed by atoms with E-state index in [0.717, 1.165) is 16.3 Å². The van der Waals surface area contributed by atoms with E-state index in [1.54, 1.807) is 4.90 Å². The summed E-state index contributed by atoms with van der Waals surface area (Å²) < 4.78 is 0. The lowest BCUT2D eigenvalue weighted by Crippen LogP contribution is -2.30. The van der Waals surface area contributed by atoms with Gasteiger partial charge in [-0.3, -0.25) is 4.79 Å². The molecule has 21 heavy (non-hydrogen) atoms. The average Bonchev–Trinajstić information content (AvgIpc) is 3.11. The first-order chi connectivity index (χ1) is 10.1. The SMILES string of the molecule is CC(C)c1nc(C(=O)N2CC(CO)c3ccccc32)cs1. The first kappa shape index (κ1) is 14.2. The van der Waals surface area contributed by atoms with Gasteiger partial charge in [0.15, 0.2) is 0 Å². The number of fused-ring (bicyclic) bond motifs is 1. The number of aliphatic hydroxyl groups excluding tert-OH is 1. The molecule has 0 saturated heterocycles. The first-order valence-corrected chi connectivity index (χ1v) is 7.97. The number of aliphatic hydroxyl groups is 1. The number of nitrogens with zero attached hydrogens (tertiary/aromatic N) is 2. The highest BCUT2D eigenvalue weighted by molar-refractivity contribution is 7.09. The molecule has 0 aliphatic carbocycles. The predicted molar refractivity (Wildman–Crippen MR) is 84.1 cm³/mol. The molecule has 4 nitrogen and oxygen atoms in total. The number of rotatable bonds is 3. The van der Waals surface area contributed by atoms with Gasteiger partial charge >= 0.3 is 0 Å². The zero-order valence-electron chi connectivity index (χ0n) is 12.1. The van der Waals surface area contributed by atoms with Crippen molar-refractivity contribution in [1.82, 2.24) is 4.98 Å². The zero-order valence-corrected chi connectivity index (χ0v) is 12.9. The second-order valence-electron chi connectivity index (χ2n) is 5.58. The van der Waals surface area contributed by atoms with Crippen LogP contribution >= 0.6 is 11.3 Å². The van der Waals surface area contributed by atoms with E-state index in [0.29, 0.717) is 18.2 Å². The van der Waals surface area contributed by atoms with Gasteiger partial charge in [0.1, 0.15) is 5.69 Å². The molecule has 1 atom stereocenters. The van der Waals surface area contributed by atoms with Crippen molar-refractivity contribution in [2.75, 3.05) is 18.1 Å². The van der Waals surface area contributed by atoms with Gasteiger partial charge in [-0.05, 0) is 11.6 Å². The summed E-state index contributed by atoms with van der Waals surface area (Å²) in [5.74, 6) is 0.238. The molecule has 0 spiro atoms. The molecule has 110 valence electrons. The first-order valence-electron chi connectivity index (χ1n) is 7.09. The van der Waals surface area contributed by atoms with E-state index in [-0.39, 0.29) is 18.4 Å². The van der Waals surface area contributed by atoms with Crippen LogP contribution in [0.25, 0.3) is 0 Å². The van der Waals surface area contributed by atoms with Crippen LogP contribution in [0, 0.1) is 0 Å². The van der Waals surface area contributed by atoms with Gasteiger partial charge in [-0.1, -0.05) is 32.0 Å². The summed E-state index contributed by atoms with van der Waals surface area (Å²) in [7, 11) is 0. The van der Waals surface area contributed by atoms with E-state index >= 15 is 0 Å². The number of hydrogen-bond donors (Lipinski definition) is 1. The van der Waals surface area contributed by atoms with Crippen molar-refractivity contribution in [3.8, 4) is 0 Å². The molecule has 3 rings (SSSR count). The maximum Gasteiger partial charge on any atom is 0.277 e. The number of hydrogen-bond acceptors (Lipinski definition) is 4. The van der Waals surface area contributed by atoms with Crippen LogP contribution in [0.1, 0.15) is 46.7 Å². The van der Waals surface area contributed by atoms with Crippen molar-refractivity contribution >= 4 is 22.9 Å². The Labute approximate surface area is 128 Å². The van der Waals surface area contributed by atoms with E-state index in [4.69, 9.17) is 0 Å². The number of benzene rings is 1. The van der Waals surface area contributed by atoms with Crippen LogP contribution in [-0.4, -0.2) is 29.1 Å². The number of amides is 1. The fourth-order valence-corrected chi connectivity index (χ4v) is 3.44. The molecule has 1 aromatic heterocycles. The Bertz CT molecular complexity index is 666. The van der Waals surface area contributed by atoms with Gasteiger partial charge in [-0.15, -0.1) is 11.3 Å². The van der Waals surface area contributed by atoms with Crippen molar-refractivity contribution in [3.63, 3.8) is 0 Å². The highest BCUT2D eigenvalue weighted by Gasteiger charge is 2.33. The van der Waals surface area contributed by atoms with E-state index in [1.807, 2.05) is 29.6 Å². The fourth-order valence-electron chi connectivity index (χ4n) is 2.63. The normalized spacial score (nSPS) is 17.3. The summed E-state index contributed by atoms with van der Waals surface area (Å²) in [5, 5.41) is 12.3. The summed E-state index contributed by atoms with van der Waals surface area (Å²) in [6.07, 6.45) is 0. The number of anilines is 1. The Kier molecular flexibility index (Phi) is 3.78. The summed E-state index contributed by atoms with van der Waals surface area (Å²) in [6.45, 7) is 4.71. The Morgan fingerprint density at radius 1 is 1.48 bits per heavy atom. The van der Waals surface area contributed by atoms with Crippen LogP contribution in [0.15, 0.2) is 29.6 Å². The lowest BCUT2D eigenvalue weighted by molar-refractivity contribution is 0.0982. The highest BCUT2D eigenvalue weighted by atomic mass is 32.1. The van der Waals surface area contributed by atoms with Gasteiger partial charge in [0, 0.05) is 29.4 Å². The lowest BCUT2D eigenvalue weighted by atomic mass is 10.0. The molecular formula is C16H18N2O2S. The van der Waals surface area contributed by atoms with Gasteiger partial charge < -0.3 is 10.0 Å². The molecule has 2 heterocycles. The molecule has 1 aliphatic heterocycles. The monoisotopic (exact) mass is 302 g/mol. The van der Waals surface area contributed by atoms with Crippen molar-refractivity contribution in [1.29, 1.82) is 0 Å². The van der Waals surface area contributed by atoms with E-state index in [1.165, 1.54) is 11.3 Å². The van der Waals surface area contributed by atoms with Crippen LogP contribution in [-0.2, 0) is 0 Å². The van der Waals surface area contributed by atoms with Crippen LogP contribution < -0.4 is 4.90 Å². The number of carbonyl (C=O) groups excluding carboxylic acids is 1. The van der Waals surface area contributed by atoms with E-state index in [2.05, 4.69) is 18.8 Å². The quantitative estimate of drug-likeness (QED) is 0.948. The smallest absolute Gasteiger partial charge is 0.277 e. The van der Waals surface area contributed by atoms with Crippen molar-refractivity contribution in [2.24, 2.45) is 0 Å². The lowest BCUT2D eigenvalue weighted by Gasteiger charge is -2.16. The topological polar surface area (TPSA) is 53.4 Å². The number of para-hydroxylation sites is 1. The number of thiazole rings is 1. The molecule has 1 aromatic carbocycles. The third-order valence-electron chi connectivity index (χ3n) is 3.77. The predicted octanol–water partition coefficient (Wildman–Crippen LogP) is 3.00. The molecule has 2 aromatic rings. The third-order valence-corrected chi connectivity index (χ3v) is 4.92. The van der Waals surface area contributed by atoms with Gasteiger partial charge in [-0.25, -0.2) is 4.98 Å². The summed E-state index contributed by atoms with van der Waals surface area (Å²) in [6, 6.07) is 7.76. The molecular weight excluding hydrogens is 284 g/mol.